The molecular weight excluding hydrogens is 489 g/mol. The Labute approximate surface area is 201 Å². The lowest BCUT2D eigenvalue weighted by atomic mass is 10.1. The maximum atomic E-state index is 13.5. The molecule has 0 saturated carbocycles. The molecule has 5 nitrogen and oxygen atoms in total. The lowest BCUT2D eigenvalue weighted by molar-refractivity contribution is -0.137. The number of anilines is 2. The molecule has 3 aromatic rings. The molecule has 10 heteroatoms. The Morgan fingerprint density at radius 2 is 1.56 bits per heavy atom. The summed E-state index contributed by atoms with van der Waals surface area (Å²) in [6, 6.07) is 13.8. The topological polar surface area (TPSA) is 66.5 Å². The number of carbonyl (C=O) groups is 1. The average Bonchev–Trinajstić information content (AvgIpc) is 2.75. The van der Waals surface area contributed by atoms with Crippen LogP contribution in [-0.2, 0) is 21.0 Å². The number of halogens is 4. The molecule has 0 aliphatic rings. The van der Waals surface area contributed by atoms with E-state index in [-0.39, 0.29) is 21.3 Å². The molecule has 3 aromatic carbocycles. The number of amides is 1. The standard InChI is InChI=1S/C24H22ClF3N2O3S/c1-15-5-9-19(10-6-15)34(32,33)30(22-12-16(2)4-7-17(22)3)14-23(31)29-21-13-18(24(26,27)28)8-11-20(21)25/h4-13H,14H2,1-3H3,(H,29,31). The van der Waals surface area contributed by atoms with Crippen molar-refractivity contribution in [3.05, 3.63) is 87.9 Å². The molecule has 1 amide bonds. The number of hydrogen-bond donors (Lipinski definition) is 1. The minimum Gasteiger partial charge on any atom is -0.323 e. The van der Waals surface area contributed by atoms with Crippen molar-refractivity contribution >= 4 is 38.9 Å². The van der Waals surface area contributed by atoms with Crippen LogP contribution < -0.4 is 9.62 Å². The van der Waals surface area contributed by atoms with Gasteiger partial charge < -0.3 is 5.32 Å². The number of hydrogen-bond acceptors (Lipinski definition) is 3. The predicted octanol–water partition coefficient (Wildman–Crippen LogP) is 6.12. The number of nitrogens with one attached hydrogen (secondary N) is 1. The van der Waals surface area contributed by atoms with Crippen molar-refractivity contribution in [2.24, 2.45) is 0 Å². The minimum atomic E-state index is -4.64. The van der Waals surface area contributed by atoms with Crippen LogP contribution in [0.25, 0.3) is 0 Å². The SMILES string of the molecule is Cc1ccc(S(=O)(=O)N(CC(=O)Nc2cc(C(F)(F)F)ccc2Cl)c2cc(C)ccc2C)cc1. The van der Waals surface area contributed by atoms with E-state index >= 15 is 0 Å². The van der Waals surface area contributed by atoms with Gasteiger partial charge in [0.2, 0.25) is 5.91 Å². The summed E-state index contributed by atoms with van der Waals surface area (Å²) < 4.78 is 67.2. The fraction of sp³-hybridized carbons (Fsp3) is 0.208. The Hall–Kier alpha value is -3.04. The molecule has 0 radical (unpaired) electrons. The molecule has 180 valence electrons. The molecule has 34 heavy (non-hydrogen) atoms. The third kappa shape index (κ3) is 5.71. The highest BCUT2D eigenvalue weighted by Crippen LogP contribution is 2.34. The lowest BCUT2D eigenvalue weighted by Gasteiger charge is -2.26. The van der Waals surface area contributed by atoms with Crippen LogP contribution in [0.5, 0.6) is 0 Å². The Balaban J connectivity index is 2.01. The highest BCUT2D eigenvalue weighted by molar-refractivity contribution is 7.92. The summed E-state index contributed by atoms with van der Waals surface area (Å²) in [7, 11) is -4.18. The van der Waals surface area contributed by atoms with Gasteiger partial charge in [0, 0.05) is 0 Å². The number of aryl methyl sites for hydroxylation is 3. The Kier molecular flexibility index (Phi) is 7.28. The summed E-state index contributed by atoms with van der Waals surface area (Å²) in [5, 5.41) is 2.20. The first kappa shape index (κ1) is 25.6. The molecule has 1 N–H and O–H groups in total. The molecule has 0 aliphatic carbocycles. The van der Waals surface area contributed by atoms with Crippen LogP contribution in [0, 0.1) is 20.8 Å². The molecule has 0 fully saturated rings. The van der Waals surface area contributed by atoms with Crippen molar-refractivity contribution in [2.45, 2.75) is 31.8 Å². The van der Waals surface area contributed by atoms with Gasteiger partial charge in [-0.3, -0.25) is 9.10 Å². The van der Waals surface area contributed by atoms with Crippen molar-refractivity contribution < 1.29 is 26.4 Å². The van der Waals surface area contributed by atoms with E-state index in [1.807, 2.05) is 6.92 Å². The molecule has 0 bridgehead atoms. The fourth-order valence-corrected chi connectivity index (χ4v) is 4.88. The second-order valence-electron chi connectivity index (χ2n) is 7.86. The van der Waals surface area contributed by atoms with Crippen molar-refractivity contribution in [1.82, 2.24) is 0 Å². The van der Waals surface area contributed by atoms with Crippen molar-refractivity contribution in [1.29, 1.82) is 0 Å². The van der Waals surface area contributed by atoms with Gasteiger partial charge in [-0.15, -0.1) is 0 Å². The highest BCUT2D eigenvalue weighted by atomic mass is 35.5. The van der Waals surface area contributed by atoms with Crippen LogP contribution in [-0.4, -0.2) is 20.9 Å². The third-order valence-corrected chi connectivity index (χ3v) is 7.20. The number of benzene rings is 3. The molecule has 0 aromatic heterocycles. The zero-order valence-electron chi connectivity index (χ0n) is 18.6. The van der Waals surface area contributed by atoms with Crippen LogP contribution in [0.1, 0.15) is 22.3 Å². The van der Waals surface area contributed by atoms with Crippen LogP contribution in [0.3, 0.4) is 0 Å². The quantitative estimate of drug-likeness (QED) is 0.434. The fourth-order valence-electron chi connectivity index (χ4n) is 3.24. The summed E-state index contributed by atoms with van der Waals surface area (Å²) >= 11 is 5.98. The van der Waals surface area contributed by atoms with E-state index in [1.165, 1.54) is 12.1 Å². The Bertz CT molecular complexity index is 1320. The van der Waals surface area contributed by atoms with Gasteiger partial charge in [0.25, 0.3) is 10.0 Å². The van der Waals surface area contributed by atoms with E-state index in [0.717, 1.165) is 27.6 Å². The molecule has 0 aliphatic heterocycles. The predicted molar refractivity (Wildman–Crippen MR) is 127 cm³/mol. The lowest BCUT2D eigenvalue weighted by Crippen LogP contribution is -2.38. The van der Waals surface area contributed by atoms with Gasteiger partial charge in [-0.1, -0.05) is 41.4 Å². The van der Waals surface area contributed by atoms with Crippen LogP contribution in [0.15, 0.2) is 65.6 Å². The zero-order valence-corrected chi connectivity index (χ0v) is 20.1. The average molecular weight is 511 g/mol. The molecule has 0 heterocycles. The summed E-state index contributed by atoms with van der Waals surface area (Å²) in [6.07, 6.45) is -4.64. The number of rotatable bonds is 6. The summed E-state index contributed by atoms with van der Waals surface area (Å²) in [6.45, 7) is 4.62. The Morgan fingerprint density at radius 3 is 2.18 bits per heavy atom. The molecule has 0 saturated heterocycles. The molecule has 3 rings (SSSR count). The minimum absolute atomic E-state index is 0.0242. The monoisotopic (exact) mass is 510 g/mol. The number of nitrogens with zero attached hydrogens (tertiary/aromatic N) is 1. The number of carbonyl (C=O) groups excluding carboxylic acids is 1. The summed E-state index contributed by atoms with van der Waals surface area (Å²) in [5.41, 5.74) is 1.25. The summed E-state index contributed by atoms with van der Waals surface area (Å²) in [5.74, 6) is -0.849. The van der Waals surface area contributed by atoms with Gasteiger partial charge in [-0.2, -0.15) is 13.2 Å². The van der Waals surface area contributed by atoms with E-state index in [0.29, 0.717) is 11.6 Å². The second kappa shape index (κ2) is 9.68. The number of alkyl halides is 3. The third-order valence-electron chi connectivity index (χ3n) is 5.10. The van der Waals surface area contributed by atoms with E-state index in [9.17, 15) is 26.4 Å². The molecule has 0 spiro atoms. The van der Waals surface area contributed by atoms with Crippen molar-refractivity contribution in [3.8, 4) is 0 Å². The summed E-state index contributed by atoms with van der Waals surface area (Å²) in [4.78, 5) is 12.9. The van der Waals surface area contributed by atoms with Crippen molar-refractivity contribution in [2.75, 3.05) is 16.2 Å². The zero-order chi connectivity index (χ0) is 25.3. The van der Waals surface area contributed by atoms with Gasteiger partial charge in [0.05, 0.1) is 26.9 Å². The van der Waals surface area contributed by atoms with Gasteiger partial charge >= 0.3 is 6.18 Å². The maximum Gasteiger partial charge on any atom is 0.416 e. The van der Waals surface area contributed by atoms with E-state index in [2.05, 4.69) is 5.32 Å². The largest absolute Gasteiger partial charge is 0.416 e. The van der Waals surface area contributed by atoms with Gasteiger partial charge in [-0.05, 0) is 68.3 Å². The maximum absolute atomic E-state index is 13.5. The van der Waals surface area contributed by atoms with Gasteiger partial charge in [0.15, 0.2) is 0 Å². The van der Waals surface area contributed by atoms with Gasteiger partial charge in [-0.25, -0.2) is 8.42 Å². The second-order valence-corrected chi connectivity index (χ2v) is 10.1. The first-order valence-corrected chi connectivity index (χ1v) is 11.9. The van der Waals surface area contributed by atoms with E-state index < -0.39 is 34.2 Å². The first-order valence-electron chi connectivity index (χ1n) is 10.1. The van der Waals surface area contributed by atoms with Crippen LogP contribution in [0.2, 0.25) is 5.02 Å². The normalized spacial score (nSPS) is 11.9. The molecule has 0 unspecified atom stereocenters. The van der Waals surface area contributed by atoms with Gasteiger partial charge in [0.1, 0.15) is 6.54 Å². The van der Waals surface area contributed by atoms with Crippen molar-refractivity contribution in [3.63, 3.8) is 0 Å². The molecule has 0 atom stereocenters. The molecular formula is C24H22ClF3N2O3S. The van der Waals surface area contributed by atoms with Crippen LogP contribution >= 0.6 is 11.6 Å². The smallest absolute Gasteiger partial charge is 0.323 e. The highest BCUT2D eigenvalue weighted by Gasteiger charge is 2.32. The Morgan fingerprint density at radius 1 is 0.941 bits per heavy atom. The number of sulfonamides is 1. The van der Waals surface area contributed by atoms with Crippen LogP contribution in [0.4, 0.5) is 24.5 Å². The first-order chi connectivity index (χ1) is 15.8. The van der Waals surface area contributed by atoms with E-state index in [4.69, 9.17) is 11.6 Å². The van der Waals surface area contributed by atoms with E-state index in [1.54, 1.807) is 44.2 Å².